The van der Waals surface area contributed by atoms with Crippen LogP contribution in [-0.2, 0) is 9.53 Å². The molecule has 11 nitrogen and oxygen atoms in total. The third-order valence-corrected chi connectivity index (χ3v) is 8.11. The van der Waals surface area contributed by atoms with Gasteiger partial charge in [0.05, 0.1) is 48.3 Å². The first-order valence-corrected chi connectivity index (χ1v) is 14.9. The van der Waals surface area contributed by atoms with Gasteiger partial charge in [-0.25, -0.2) is 4.52 Å². The summed E-state index contributed by atoms with van der Waals surface area (Å²) >= 11 is 6.26. The van der Waals surface area contributed by atoms with Crippen molar-refractivity contribution in [2.45, 2.75) is 44.4 Å². The Hall–Kier alpha value is -4.07. The Morgan fingerprint density at radius 1 is 1.16 bits per heavy atom. The number of piperidine rings is 1. The van der Waals surface area contributed by atoms with E-state index in [1.165, 1.54) is 24.4 Å². The molecule has 3 aromatic heterocycles. The van der Waals surface area contributed by atoms with E-state index in [4.69, 9.17) is 26.2 Å². The van der Waals surface area contributed by atoms with Crippen LogP contribution in [0.5, 0.6) is 5.75 Å². The standard InChI is InChI=1S/C30H32ClF2N7O4/c31-19-6-7-26(44-30(32)33)22(14-19)28-24(36-29(42)23-15-34-39-11-2-1-4-25(23)39)16-40(37-28)21-8-12-38(13-9-21)10-3-5-27(41)35-20-17-43-18-20/h1-2,4,6-7,11,14-16,20-21,30H,3,5,8-10,12-13,17-18H2,(H,35,41)(H,36,42). The van der Waals surface area contributed by atoms with Crippen LogP contribution in [-0.4, -0.2) is 81.6 Å². The molecule has 14 heteroatoms. The molecule has 2 amide bonds. The van der Waals surface area contributed by atoms with Gasteiger partial charge in [0.1, 0.15) is 11.4 Å². The lowest BCUT2D eigenvalue weighted by atomic mass is 10.0. The molecule has 1 aromatic carbocycles. The first-order valence-electron chi connectivity index (χ1n) is 14.5. The number of anilines is 1. The zero-order valence-corrected chi connectivity index (χ0v) is 24.6. The molecule has 2 fully saturated rings. The van der Waals surface area contributed by atoms with Gasteiger partial charge in [-0.3, -0.25) is 14.3 Å². The number of alkyl halides is 2. The van der Waals surface area contributed by atoms with E-state index in [0.717, 1.165) is 38.9 Å². The van der Waals surface area contributed by atoms with Gasteiger partial charge in [-0.1, -0.05) is 17.7 Å². The fraction of sp³-hybridized carbons (Fsp3) is 0.400. The number of hydrogen-bond donors (Lipinski definition) is 2. The molecule has 2 aliphatic heterocycles. The SMILES string of the molecule is O=C(CCCN1CCC(n2cc(NC(=O)c3cnn4ccccc34)c(-c3cc(Cl)ccc3OC(F)F)n2)CC1)NC1COC1. The Balaban J connectivity index is 1.19. The van der Waals surface area contributed by atoms with Crippen LogP contribution in [0.3, 0.4) is 0 Å². The zero-order chi connectivity index (χ0) is 30.6. The number of amides is 2. The third-order valence-electron chi connectivity index (χ3n) is 7.88. The first-order chi connectivity index (χ1) is 21.3. The number of carbonyl (C=O) groups is 2. The molecule has 5 heterocycles. The van der Waals surface area contributed by atoms with Gasteiger partial charge < -0.3 is 25.0 Å². The molecule has 2 saturated heterocycles. The van der Waals surface area contributed by atoms with Crippen molar-refractivity contribution in [3.05, 3.63) is 65.6 Å². The maximum absolute atomic E-state index is 13.4. The van der Waals surface area contributed by atoms with Crippen LogP contribution in [0.1, 0.15) is 42.1 Å². The average Bonchev–Trinajstić information content (AvgIpc) is 3.61. The van der Waals surface area contributed by atoms with E-state index in [1.54, 1.807) is 27.7 Å². The maximum atomic E-state index is 13.4. The minimum Gasteiger partial charge on any atom is -0.434 e. The average molecular weight is 628 g/mol. The smallest absolute Gasteiger partial charge is 0.387 e. The summed E-state index contributed by atoms with van der Waals surface area (Å²) in [7, 11) is 0. The second kappa shape index (κ2) is 13.3. The number of hydrogen-bond acceptors (Lipinski definition) is 7. The van der Waals surface area contributed by atoms with Crippen molar-refractivity contribution in [1.29, 1.82) is 0 Å². The van der Waals surface area contributed by atoms with Gasteiger partial charge in [0.2, 0.25) is 5.91 Å². The number of aromatic nitrogens is 4. The molecule has 6 rings (SSSR count). The molecule has 2 N–H and O–H groups in total. The van der Waals surface area contributed by atoms with Gasteiger partial charge in [0.15, 0.2) is 0 Å². The molecular formula is C30H32ClF2N7O4. The fourth-order valence-electron chi connectivity index (χ4n) is 5.54. The van der Waals surface area contributed by atoms with E-state index in [2.05, 4.69) is 20.6 Å². The topological polar surface area (TPSA) is 115 Å². The summed E-state index contributed by atoms with van der Waals surface area (Å²) in [5, 5.41) is 15.2. The number of likely N-dealkylation sites (tertiary alicyclic amines) is 1. The van der Waals surface area contributed by atoms with Crippen molar-refractivity contribution in [3.63, 3.8) is 0 Å². The molecule has 232 valence electrons. The molecule has 0 atom stereocenters. The number of nitrogens with zero attached hydrogens (tertiary/aromatic N) is 5. The van der Waals surface area contributed by atoms with Crippen molar-refractivity contribution < 1.29 is 27.8 Å². The number of rotatable bonds is 11. The highest BCUT2D eigenvalue weighted by atomic mass is 35.5. The predicted octanol–water partition coefficient (Wildman–Crippen LogP) is 4.64. The van der Waals surface area contributed by atoms with E-state index in [9.17, 15) is 18.4 Å². The van der Waals surface area contributed by atoms with Crippen LogP contribution in [0, 0.1) is 0 Å². The highest BCUT2D eigenvalue weighted by Crippen LogP contribution is 2.38. The number of ether oxygens (including phenoxy) is 2. The Morgan fingerprint density at radius 2 is 1.98 bits per heavy atom. The summed E-state index contributed by atoms with van der Waals surface area (Å²) in [4.78, 5) is 27.9. The van der Waals surface area contributed by atoms with E-state index in [0.29, 0.717) is 41.4 Å². The van der Waals surface area contributed by atoms with Gasteiger partial charge in [-0.15, -0.1) is 0 Å². The third kappa shape index (κ3) is 6.85. The summed E-state index contributed by atoms with van der Waals surface area (Å²) in [6.07, 6.45) is 7.73. The number of carbonyl (C=O) groups excluding carboxylic acids is 2. The molecule has 0 aliphatic carbocycles. The van der Waals surface area contributed by atoms with E-state index in [-0.39, 0.29) is 35.0 Å². The number of pyridine rings is 1. The van der Waals surface area contributed by atoms with Crippen LogP contribution in [0.15, 0.2) is 55.0 Å². The lowest BCUT2D eigenvalue weighted by Crippen LogP contribution is -2.48. The lowest BCUT2D eigenvalue weighted by molar-refractivity contribution is -0.125. The van der Waals surface area contributed by atoms with Gasteiger partial charge in [-0.05, 0) is 56.1 Å². The molecule has 0 unspecified atom stereocenters. The lowest BCUT2D eigenvalue weighted by Gasteiger charge is -2.32. The van der Waals surface area contributed by atoms with E-state index >= 15 is 0 Å². The second-order valence-corrected chi connectivity index (χ2v) is 11.3. The Morgan fingerprint density at radius 3 is 2.73 bits per heavy atom. The summed E-state index contributed by atoms with van der Waals surface area (Å²) in [6, 6.07) is 9.85. The fourth-order valence-corrected chi connectivity index (χ4v) is 5.72. The molecule has 0 saturated carbocycles. The van der Waals surface area contributed by atoms with Crippen LogP contribution >= 0.6 is 11.6 Å². The molecule has 2 aliphatic rings. The van der Waals surface area contributed by atoms with E-state index < -0.39 is 12.5 Å². The van der Waals surface area contributed by atoms with Crippen LogP contribution < -0.4 is 15.4 Å². The maximum Gasteiger partial charge on any atom is 0.387 e. The Kier molecular flexibility index (Phi) is 9.05. The molecular weight excluding hydrogens is 596 g/mol. The Labute approximate surface area is 257 Å². The summed E-state index contributed by atoms with van der Waals surface area (Å²) < 4.78 is 39.9. The molecule has 4 aromatic rings. The second-order valence-electron chi connectivity index (χ2n) is 10.9. The van der Waals surface area contributed by atoms with Crippen LogP contribution in [0.25, 0.3) is 16.8 Å². The molecule has 0 bridgehead atoms. The number of nitrogens with one attached hydrogen (secondary N) is 2. The van der Waals surface area contributed by atoms with Crippen LogP contribution in [0.2, 0.25) is 5.02 Å². The minimum atomic E-state index is -3.06. The first kappa shape index (κ1) is 30.0. The minimum absolute atomic E-state index is 0.00759. The monoisotopic (exact) mass is 627 g/mol. The van der Waals surface area contributed by atoms with Gasteiger partial charge >= 0.3 is 6.61 Å². The highest BCUT2D eigenvalue weighted by Gasteiger charge is 2.26. The number of halogens is 3. The van der Waals surface area contributed by atoms with Gasteiger partial charge in [0.25, 0.3) is 5.91 Å². The summed E-state index contributed by atoms with van der Waals surface area (Å²) in [5.41, 5.74) is 1.79. The van der Waals surface area contributed by atoms with Crippen molar-refractivity contribution in [1.82, 2.24) is 29.6 Å². The summed E-state index contributed by atoms with van der Waals surface area (Å²) in [6.45, 7) is 0.523. The predicted molar refractivity (Wildman–Crippen MR) is 159 cm³/mol. The Bertz CT molecular complexity index is 1630. The molecule has 44 heavy (non-hydrogen) atoms. The zero-order valence-electron chi connectivity index (χ0n) is 23.8. The van der Waals surface area contributed by atoms with Crippen molar-refractivity contribution in [2.24, 2.45) is 0 Å². The van der Waals surface area contributed by atoms with Crippen LogP contribution in [0.4, 0.5) is 14.5 Å². The number of benzene rings is 1. The normalized spacial score (nSPS) is 16.3. The number of fused-ring (bicyclic) bond motifs is 1. The summed E-state index contributed by atoms with van der Waals surface area (Å²) in [5.74, 6) is -0.481. The highest BCUT2D eigenvalue weighted by molar-refractivity contribution is 6.31. The van der Waals surface area contributed by atoms with Gasteiger partial charge in [-0.2, -0.15) is 19.0 Å². The molecule has 0 radical (unpaired) electrons. The molecule has 0 spiro atoms. The van der Waals surface area contributed by atoms with Crippen molar-refractivity contribution >= 4 is 34.6 Å². The van der Waals surface area contributed by atoms with E-state index in [1.807, 2.05) is 12.1 Å². The van der Waals surface area contributed by atoms with Crippen molar-refractivity contribution in [2.75, 3.05) is 38.2 Å². The quantitative estimate of drug-likeness (QED) is 0.249. The largest absolute Gasteiger partial charge is 0.434 e. The van der Waals surface area contributed by atoms with Crippen molar-refractivity contribution in [3.8, 4) is 17.0 Å². The van der Waals surface area contributed by atoms with Gasteiger partial charge in [0, 0.05) is 42.5 Å².